The maximum atomic E-state index is 10.8. The number of guanidine groups is 1. The van der Waals surface area contributed by atoms with Crippen LogP contribution in [0.25, 0.3) is 10.8 Å². The van der Waals surface area contributed by atoms with E-state index < -0.39 is 0 Å². The molecule has 1 heterocycles. The van der Waals surface area contributed by atoms with Crippen LogP contribution in [0, 0.1) is 0 Å². The summed E-state index contributed by atoms with van der Waals surface area (Å²) in [6.07, 6.45) is 1.98. The standard InChI is InChI=1S/C22H19ClN4OS/c1-13-18(25-22(24)27-26-13)12-20(29-16-9-7-15(23)8-10-16)21-17-5-3-2-4-14(17)6-11-19(21)28/h2-12,20,28H,1H3,(H3,24,25,27)/b18-12-. The van der Waals surface area contributed by atoms with Gasteiger partial charge in [-0.05, 0) is 54.1 Å². The summed E-state index contributed by atoms with van der Waals surface area (Å²) in [6, 6.07) is 19.3. The summed E-state index contributed by atoms with van der Waals surface area (Å²) in [5.74, 6) is 0.465. The Labute approximate surface area is 178 Å². The molecule has 0 saturated heterocycles. The lowest BCUT2D eigenvalue weighted by Crippen LogP contribution is -2.31. The van der Waals surface area contributed by atoms with Crippen LogP contribution in [0.2, 0.25) is 5.02 Å². The van der Waals surface area contributed by atoms with Crippen LogP contribution in [0.1, 0.15) is 17.7 Å². The normalized spacial score (nSPS) is 16.3. The SMILES string of the molecule is CC1=NNC(N)=N/C1=C\C(Sc1ccc(Cl)cc1)c1c(O)ccc2ccccc12. The van der Waals surface area contributed by atoms with E-state index in [9.17, 15) is 5.11 Å². The summed E-state index contributed by atoms with van der Waals surface area (Å²) in [5, 5.41) is 17.5. The third-order valence-electron chi connectivity index (χ3n) is 4.57. The Morgan fingerprint density at radius 3 is 2.66 bits per heavy atom. The minimum absolute atomic E-state index is 0.225. The van der Waals surface area contributed by atoms with Crippen LogP contribution in [0.15, 0.2) is 87.4 Å². The van der Waals surface area contributed by atoms with Crippen LogP contribution in [-0.4, -0.2) is 16.8 Å². The highest BCUT2D eigenvalue weighted by atomic mass is 35.5. The molecule has 1 unspecified atom stereocenters. The van der Waals surface area contributed by atoms with Gasteiger partial charge in [0.2, 0.25) is 5.96 Å². The van der Waals surface area contributed by atoms with Crippen molar-refractivity contribution in [3.63, 3.8) is 0 Å². The van der Waals surface area contributed by atoms with Gasteiger partial charge in [0.05, 0.1) is 16.7 Å². The molecule has 1 aliphatic rings. The molecule has 5 nitrogen and oxygen atoms in total. The van der Waals surface area contributed by atoms with Gasteiger partial charge < -0.3 is 10.8 Å². The van der Waals surface area contributed by atoms with Crippen LogP contribution in [0.3, 0.4) is 0 Å². The Balaban J connectivity index is 1.87. The van der Waals surface area contributed by atoms with Gasteiger partial charge in [-0.1, -0.05) is 41.9 Å². The summed E-state index contributed by atoms with van der Waals surface area (Å²) in [5.41, 5.74) is 10.7. The molecule has 7 heteroatoms. The first-order chi connectivity index (χ1) is 14.0. The third kappa shape index (κ3) is 4.23. The molecule has 3 aromatic rings. The maximum absolute atomic E-state index is 10.8. The van der Waals surface area contributed by atoms with E-state index in [2.05, 4.69) is 15.5 Å². The Morgan fingerprint density at radius 2 is 1.86 bits per heavy atom. The van der Waals surface area contributed by atoms with E-state index in [1.54, 1.807) is 17.8 Å². The molecule has 4 N–H and O–H groups in total. The zero-order valence-corrected chi connectivity index (χ0v) is 17.2. The summed E-state index contributed by atoms with van der Waals surface area (Å²) < 4.78 is 0. The zero-order chi connectivity index (χ0) is 20.4. The Bertz CT molecular complexity index is 1160. The number of nitrogens with two attached hydrogens (primary N) is 1. The number of fused-ring (bicyclic) bond motifs is 1. The first kappa shape index (κ1) is 19.4. The average molecular weight is 423 g/mol. The number of benzene rings is 3. The molecule has 0 aliphatic carbocycles. The van der Waals surface area contributed by atoms with Gasteiger partial charge in [-0.3, -0.25) is 0 Å². The lowest BCUT2D eigenvalue weighted by atomic mass is 10.00. The molecule has 4 rings (SSSR count). The number of halogens is 1. The van der Waals surface area contributed by atoms with Crippen molar-refractivity contribution in [3.8, 4) is 5.75 Å². The molecule has 0 fully saturated rings. The highest BCUT2D eigenvalue weighted by Crippen LogP contribution is 2.44. The fourth-order valence-corrected chi connectivity index (χ4v) is 4.43. The number of hydrazone groups is 1. The topological polar surface area (TPSA) is 83.0 Å². The minimum Gasteiger partial charge on any atom is -0.508 e. The summed E-state index contributed by atoms with van der Waals surface area (Å²) >= 11 is 7.64. The molecular formula is C22H19ClN4OS. The first-order valence-corrected chi connectivity index (χ1v) is 10.3. The number of aromatic hydroxyl groups is 1. The van der Waals surface area contributed by atoms with Crippen LogP contribution in [-0.2, 0) is 0 Å². The fourth-order valence-electron chi connectivity index (χ4n) is 3.15. The average Bonchev–Trinajstić information content (AvgIpc) is 2.72. The first-order valence-electron chi connectivity index (χ1n) is 9.01. The number of phenols is 1. The van der Waals surface area contributed by atoms with Crippen molar-refractivity contribution in [1.29, 1.82) is 0 Å². The fraction of sp³-hybridized carbons (Fsp3) is 0.0909. The second-order valence-corrected chi connectivity index (χ2v) is 8.22. The summed E-state index contributed by atoms with van der Waals surface area (Å²) in [7, 11) is 0. The van der Waals surface area contributed by atoms with Crippen molar-refractivity contribution in [2.75, 3.05) is 0 Å². The molecule has 1 atom stereocenters. The number of phenolic OH excluding ortho intramolecular Hbond substituents is 1. The van der Waals surface area contributed by atoms with Gasteiger partial charge in [0.25, 0.3) is 0 Å². The monoisotopic (exact) mass is 422 g/mol. The molecule has 0 bridgehead atoms. The molecule has 0 amide bonds. The largest absolute Gasteiger partial charge is 0.508 e. The lowest BCUT2D eigenvalue weighted by Gasteiger charge is -2.19. The number of nitrogens with zero attached hydrogens (tertiary/aromatic N) is 2. The van der Waals surface area contributed by atoms with E-state index in [0.717, 1.165) is 26.9 Å². The summed E-state index contributed by atoms with van der Waals surface area (Å²) in [4.78, 5) is 5.41. The van der Waals surface area contributed by atoms with E-state index in [4.69, 9.17) is 17.3 Å². The van der Waals surface area contributed by atoms with Gasteiger partial charge in [0.1, 0.15) is 5.75 Å². The van der Waals surface area contributed by atoms with Crippen molar-refractivity contribution in [2.24, 2.45) is 15.8 Å². The molecule has 1 aliphatic heterocycles. The number of aliphatic imine (C=N–C) groups is 1. The number of thioether (sulfide) groups is 1. The van der Waals surface area contributed by atoms with E-state index in [0.29, 0.717) is 10.7 Å². The van der Waals surface area contributed by atoms with Crippen LogP contribution in [0.4, 0.5) is 0 Å². The van der Waals surface area contributed by atoms with Gasteiger partial charge in [-0.2, -0.15) is 5.10 Å². The van der Waals surface area contributed by atoms with Crippen molar-refractivity contribution < 1.29 is 5.11 Å². The Morgan fingerprint density at radius 1 is 1.10 bits per heavy atom. The number of nitrogens with one attached hydrogen (secondary N) is 1. The van der Waals surface area contributed by atoms with Crippen molar-refractivity contribution >= 4 is 45.8 Å². The van der Waals surface area contributed by atoms with Gasteiger partial charge in [-0.25, -0.2) is 10.4 Å². The number of hydrogen-bond acceptors (Lipinski definition) is 6. The van der Waals surface area contributed by atoms with Crippen molar-refractivity contribution in [1.82, 2.24) is 5.43 Å². The molecule has 0 spiro atoms. The van der Waals surface area contributed by atoms with E-state index in [1.165, 1.54) is 0 Å². The molecule has 0 radical (unpaired) electrons. The summed E-state index contributed by atoms with van der Waals surface area (Å²) in [6.45, 7) is 1.86. The number of hydrogen-bond donors (Lipinski definition) is 3. The predicted molar refractivity (Wildman–Crippen MR) is 122 cm³/mol. The van der Waals surface area contributed by atoms with Gasteiger partial charge in [0, 0.05) is 15.5 Å². The molecular weight excluding hydrogens is 404 g/mol. The molecule has 146 valence electrons. The van der Waals surface area contributed by atoms with Gasteiger partial charge >= 0.3 is 0 Å². The minimum atomic E-state index is -0.225. The quantitative estimate of drug-likeness (QED) is 0.504. The smallest absolute Gasteiger partial charge is 0.214 e. The third-order valence-corrected chi connectivity index (χ3v) is 5.99. The van der Waals surface area contributed by atoms with E-state index >= 15 is 0 Å². The maximum Gasteiger partial charge on any atom is 0.214 e. The molecule has 0 saturated carbocycles. The zero-order valence-electron chi connectivity index (χ0n) is 15.6. The highest BCUT2D eigenvalue weighted by molar-refractivity contribution is 7.99. The van der Waals surface area contributed by atoms with Crippen LogP contribution >= 0.6 is 23.4 Å². The van der Waals surface area contributed by atoms with Gasteiger partial charge in [-0.15, -0.1) is 11.8 Å². The van der Waals surface area contributed by atoms with Gasteiger partial charge in [0.15, 0.2) is 0 Å². The van der Waals surface area contributed by atoms with Crippen molar-refractivity contribution in [3.05, 3.63) is 83.0 Å². The molecule has 0 aromatic heterocycles. The number of rotatable bonds is 4. The molecule has 3 aromatic carbocycles. The second kappa shape index (κ2) is 8.19. The van der Waals surface area contributed by atoms with E-state index in [-0.39, 0.29) is 17.0 Å². The highest BCUT2D eigenvalue weighted by Gasteiger charge is 2.21. The van der Waals surface area contributed by atoms with Crippen LogP contribution in [0.5, 0.6) is 5.75 Å². The number of allylic oxidation sites excluding steroid dienone is 1. The Kier molecular flexibility index (Phi) is 5.47. The van der Waals surface area contributed by atoms with Crippen LogP contribution < -0.4 is 11.2 Å². The lowest BCUT2D eigenvalue weighted by molar-refractivity contribution is 0.470. The predicted octanol–water partition coefficient (Wildman–Crippen LogP) is 5.21. The Hall–Kier alpha value is -2.96. The molecule has 29 heavy (non-hydrogen) atoms. The second-order valence-electron chi connectivity index (χ2n) is 6.57. The van der Waals surface area contributed by atoms with E-state index in [1.807, 2.05) is 67.6 Å². The van der Waals surface area contributed by atoms with Crippen molar-refractivity contribution in [2.45, 2.75) is 17.1 Å².